The molecule has 0 spiro atoms. The largest absolute Gasteiger partial charge is 0.445 e. The van der Waals surface area contributed by atoms with Crippen molar-refractivity contribution < 1.29 is 9.53 Å². The molecule has 1 rings (SSSR count). The summed E-state index contributed by atoms with van der Waals surface area (Å²) in [7, 11) is 0. The summed E-state index contributed by atoms with van der Waals surface area (Å²) in [5.74, 6) is 0.426. The zero-order valence-electron chi connectivity index (χ0n) is 6.14. The lowest BCUT2D eigenvalue weighted by molar-refractivity contribution is -0.145. The maximum absolute atomic E-state index is 10.9. The van der Waals surface area contributed by atoms with Gasteiger partial charge in [0.1, 0.15) is 0 Å². The van der Waals surface area contributed by atoms with E-state index in [1.54, 1.807) is 11.8 Å². The van der Waals surface area contributed by atoms with E-state index in [1.165, 1.54) is 0 Å². The van der Waals surface area contributed by atoms with Crippen LogP contribution in [0, 0.1) is 0 Å². The van der Waals surface area contributed by atoms with Gasteiger partial charge in [0.05, 0.1) is 0 Å². The monoisotopic (exact) mass is 158 g/mol. The number of esters is 1. The van der Waals surface area contributed by atoms with Crippen LogP contribution in [0.3, 0.4) is 0 Å². The molecule has 1 saturated heterocycles. The van der Waals surface area contributed by atoms with Gasteiger partial charge in [-0.15, -0.1) is 11.8 Å². The standard InChI is InChI=1S/C7H10O2S/c1-5-4-10-7(2,3)9-6(5)8/h1,4H2,2-3H3. The van der Waals surface area contributed by atoms with Crippen LogP contribution >= 0.6 is 11.8 Å². The second-order valence-corrected chi connectivity index (χ2v) is 4.24. The maximum atomic E-state index is 10.9. The predicted octanol–water partition coefficient (Wildman–Crippen LogP) is 1.57. The molecule has 0 aromatic carbocycles. The van der Waals surface area contributed by atoms with Crippen LogP contribution in [0.4, 0.5) is 0 Å². The van der Waals surface area contributed by atoms with E-state index in [4.69, 9.17) is 4.74 Å². The average molecular weight is 158 g/mol. The fourth-order valence-corrected chi connectivity index (χ4v) is 1.42. The molecule has 0 aromatic heterocycles. The Morgan fingerprint density at radius 3 is 2.70 bits per heavy atom. The molecule has 0 radical (unpaired) electrons. The minimum absolute atomic E-state index is 0.260. The molecule has 1 aliphatic heterocycles. The quantitative estimate of drug-likeness (QED) is 0.395. The molecule has 0 unspecified atom stereocenters. The topological polar surface area (TPSA) is 26.3 Å². The second-order valence-electron chi connectivity index (χ2n) is 2.68. The molecule has 1 heterocycles. The molecule has 1 aliphatic rings. The molecule has 56 valence electrons. The minimum Gasteiger partial charge on any atom is -0.445 e. The summed E-state index contributed by atoms with van der Waals surface area (Å²) in [5, 5.41) is 0. The van der Waals surface area contributed by atoms with E-state index in [-0.39, 0.29) is 10.9 Å². The summed E-state index contributed by atoms with van der Waals surface area (Å²) in [5.41, 5.74) is 0.560. The Morgan fingerprint density at radius 2 is 2.30 bits per heavy atom. The van der Waals surface area contributed by atoms with Crippen LogP contribution in [0.5, 0.6) is 0 Å². The lowest BCUT2D eigenvalue weighted by Gasteiger charge is -2.29. The number of hydrogen-bond donors (Lipinski definition) is 0. The molecule has 2 nitrogen and oxygen atoms in total. The van der Waals surface area contributed by atoms with E-state index >= 15 is 0 Å². The third-order valence-corrected chi connectivity index (χ3v) is 2.49. The van der Waals surface area contributed by atoms with Gasteiger partial charge in [-0.25, -0.2) is 4.79 Å². The molecule has 0 N–H and O–H groups in total. The van der Waals surface area contributed by atoms with Gasteiger partial charge in [-0.1, -0.05) is 6.58 Å². The van der Waals surface area contributed by atoms with Gasteiger partial charge in [0.15, 0.2) is 4.93 Å². The van der Waals surface area contributed by atoms with E-state index in [1.807, 2.05) is 13.8 Å². The molecular weight excluding hydrogens is 148 g/mol. The van der Waals surface area contributed by atoms with Crippen molar-refractivity contribution in [2.75, 3.05) is 5.75 Å². The van der Waals surface area contributed by atoms with E-state index in [2.05, 4.69) is 6.58 Å². The molecule has 0 atom stereocenters. The Kier molecular flexibility index (Phi) is 1.77. The molecule has 0 amide bonds. The maximum Gasteiger partial charge on any atom is 0.335 e. The van der Waals surface area contributed by atoms with Gasteiger partial charge >= 0.3 is 5.97 Å². The van der Waals surface area contributed by atoms with E-state index < -0.39 is 0 Å². The third kappa shape index (κ3) is 1.53. The van der Waals surface area contributed by atoms with Crippen molar-refractivity contribution in [2.45, 2.75) is 18.8 Å². The van der Waals surface area contributed by atoms with Crippen LogP contribution in [-0.2, 0) is 9.53 Å². The number of rotatable bonds is 0. The molecular formula is C7H10O2S. The van der Waals surface area contributed by atoms with Crippen LogP contribution in [0.15, 0.2) is 12.2 Å². The highest BCUT2D eigenvalue weighted by molar-refractivity contribution is 8.00. The summed E-state index contributed by atoms with van der Waals surface area (Å²) in [6.07, 6.45) is 0. The van der Waals surface area contributed by atoms with E-state index in [0.717, 1.165) is 0 Å². The first-order valence-corrected chi connectivity index (χ1v) is 4.05. The van der Waals surface area contributed by atoms with Crippen molar-refractivity contribution in [3.63, 3.8) is 0 Å². The van der Waals surface area contributed by atoms with Gasteiger partial charge < -0.3 is 4.74 Å². The zero-order valence-corrected chi connectivity index (χ0v) is 6.96. The van der Waals surface area contributed by atoms with Gasteiger partial charge in [0.2, 0.25) is 0 Å². The summed E-state index contributed by atoms with van der Waals surface area (Å²) < 4.78 is 5.01. The second kappa shape index (κ2) is 2.31. The number of hydrogen-bond acceptors (Lipinski definition) is 3. The van der Waals surface area contributed by atoms with Gasteiger partial charge in [0, 0.05) is 11.3 Å². The summed E-state index contributed by atoms with van der Waals surface area (Å²) >= 11 is 1.59. The highest BCUT2D eigenvalue weighted by Gasteiger charge is 2.30. The lowest BCUT2D eigenvalue weighted by atomic mass is 10.3. The van der Waals surface area contributed by atoms with Crippen molar-refractivity contribution in [1.82, 2.24) is 0 Å². The summed E-state index contributed by atoms with van der Waals surface area (Å²) in [6, 6.07) is 0. The Morgan fingerprint density at radius 1 is 1.70 bits per heavy atom. The number of cyclic esters (lactones) is 1. The van der Waals surface area contributed by atoms with Gasteiger partial charge in [0.25, 0.3) is 0 Å². The Labute approximate surface area is 64.6 Å². The van der Waals surface area contributed by atoms with Gasteiger partial charge in [-0.05, 0) is 13.8 Å². The Balaban J connectivity index is 2.66. The first-order chi connectivity index (χ1) is 4.51. The smallest absolute Gasteiger partial charge is 0.335 e. The first-order valence-electron chi connectivity index (χ1n) is 3.06. The van der Waals surface area contributed by atoms with E-state index in [9.17, 15) is 4.79 Å². The van der Waals surface area contributed by atoms with Crippen molar-refractivity contribution in [3.8, 4) is 0 Å². The number of thioether (sulfide) groups is 1. The summed E-state index contributed by atoms with van der Waals surface area (Å²) in [4.78, 5) is 10.5. The average Bonchev–Trinajstić information content (AvgIpc) is 1.79. The highest BCUT2D eigenvalue weighted by Crippen LogP contribution is 2.32. The minimum atomic E-state index is -0.363. The normalized spacial score (nSPS) is 24.2. The number of carbonyl (C=O) groups is 1. The van der Waals surface area contributed by atoms with Crippen molar-refractivity contribution in [2.24, 2.45) is 0 Å². The Hall–Kier alpha value is -0.440. The van der Waals surface area contributed by atoms with Crippen LogP contribution in [-0.4, -0.2) is 16.7 Å². The lowest BCUT2D eigenvalue weighted by Crippen LogP contribution is -2.31. The predicted molar refractivity (Wildman–Crippen MR) is 41.8 cm³/mol. The van der Waals surface area contributed by atoms with Crippen LogP contribution < -0.4 is 0 Å². The van der Waals surface area contributed by atoms with Gasteiger partial charge in [-0.3, -0.25) is 0 Å². The van der Waals surface area contributed by atoms with Crippen LogP contribution in [0.2, 0.25) is 0 Å². The molecule has 1 fully saturated rings. The van der Waals surface area contributed by atoms with Crippen molar-refractivity contribution >= 4 is 17.7 Å². The van der Waals surface area contributed by atoms with Crippen LogP contribution in [0.25, 0.3) is 0 Å². The fourth-order valence-electron chi connectivity index (χ4n) is 0.645. The van der Waals surface area contributed by atoms with E-state index in [0.29, 0.717) is 11.3 Å². The fraction of sp³-hybridized carbons (Fsp3) is 0.571. The molecule has 0 saturated carbocycles. The third-order valence-electron chi connectivity index (χ3n) is 1.22. The zero-order chi connectivity index (χ0) is 7.78. The first kappa shape index (κ1) is 7.66. The molecule has 0 aromatic rings. The molecule has 3 heteroatoms. The van der Waals surface area contributed by atoms with Gasteiger partial charge in [-0.2, -0.15) is 0 Å². The van der Waals surface area contributed by atoms with Crippen molar-refractivity contribution in [3.05, 3.63) is 12.2 Å². The van der Waals surface area contributed by atoms with Crippen LogP contribution in [0.1, 0.15) is 13.8 Å². The molecule has 0 aliphatic carbocycles. The van der Waals surface area contributed by atoms with Crippen molar-refractivity contribution in [1.29, 1.82) is 0 Å². The Bertz CT molecular complexity index is 184. The SMILES string of the molecule is C=C1CSC(C)(C)OC1=O. The number of carbonyl (C=O) groups excluding carboxylic acids is 1. The molecule has 0 bridgehead atoms. The molecule has 10 heavy (non-hydrogen) atoms. The highest BCUT2D eigenvalue weighted by atomic mass is 32.2. The number of ether oxygens (including phenoxy) is 1. The summed E-state index contributed by atoms with van der Waals surface area (Å²) in [6.45, 7) is 7.32.